The lowest BCUT2D eigenvalue weighted by molar-refractivity contribution is 0.0867. The summed E-state index contributed by atoms with van der Waals surface area (Å²) >= 11 is 0. The van der Waals surface area contributed by atoms with E-state index >= 15 is 0 Å². The molecule has 3 atom stereocenters. The number of rotatable bonds is 0. The van der Waals surface area contributed by atoms with Crippen molar-refractivity contribution in [2.24, 2.45) is 11.8 Å². The second-order valence-electron chi connectivity index (χ2n) is 3.65. The first kappa shape index (κ1) is 9.30. The van der Waals surface area contributed by atoms with Gasteiger partial charge in [0.05, 0.1) is 6.10 Å². The molecular formula is C8H16ClNO. The van der Waals surface area contributed by atoms with Crippen LogP contribution in [-0.4, -0.2) is 24.3 Å². The molecule has 0 aromatic rings. The fourth-order valence-corrected chi connectivity index (χ4v) is 2.27. The molecule has 0 unspecified atom stereocenters. The van der Waals surface area contributed by atoms with Crippen LogP contribution < -0.4 is 5.32 Å². The van der Waals surface area contributed by atoms with Gasteiger partial charge in [0, 0.05) is 0 Å². The Balaban J connectivity index is 0.000000605. The Morgan fingerprint density at radius 1 is 1.09 bits per heavy atom. The summed E-state index contributed by atoms with van der Waals surface area (Å²) in [5, 5.41) is 12.7. The molecule has 2 nitrogen and oxygen atoms in total. The van der Waals surface area contributed by atoms with Crippen molar-refractivity contribution in [2.45, 2.75) is 25.4 Å². The number of aliphatic hydroxyl groups excluding tert-OH is 1. The lowest BCUT2D eigenvalue weighted by Crippen LogP contribution is -2.26. The van der Waals surface area contributed by atoms with Crippen molar-refractivity contribution in [1.29, 1.82) is 0 Å². The zero-order valence-electron chi connectivity index (χ0n) is 6.62. The second-order valence-corrected chi connectivity index (χ2v) is 3.65. The third kappa shape index (κ3) is 1.86. The molecule has 0 amide bonds. The maximum Gasteiger partial charge on any atom is 0.0543 e. The van der Waals surface area contributed by atoms with Gasteiger partial charge >= 0.3 is 0 Å². The van der Waals surface area contributed by atoms with Gasteiger partial charge in [0.2, 0.25) is 0 Å². The van der Waals surface area contributed by atoms with E-state index in [2.05, 4.69) is 5.32 Å². The lowest BCUT2D eigenvalue weighted by Gasteiger charge is -2.27. The van der Waals surface area contributed by atoms with Gasteiger partial charge in [0.15, 0.2) is 0 Å². The third-order valence-electron chi connectivity index (χ3n) is 2.93. The Morgan fingerprint density at radius 3 is 2.64 bits per heavy atom. The van der Waals surface area contributed by atoms with Crippen LogP contribution in [0.4, 0.5) is 0 Å². The minimum absolute atomic E-state index is 0. The number of nitrogens with one attached hydrogen (secondary N) is 1. The van der Waals surface area contributed by atoms with Crippen molar-refractivity contribution in [3.8, 4) is 0 Å². The molecule has 2 rings (SSSR count). The minimum Gasteiger partial charge on any atom is -0.393 e. The van der Waals surface area contributed by atoms with Gasteiger partial charge in [-0.1, -0.05) is 0 Å². The number of halogens is 1. The highest BCUT2D eigenvalue weighted by Gasteiger charge is 2.32. The Kier molecular flexibility index (Phi) is 3.16. The predicted octanol–water partition coefficient (Wildman–Crippen LogP) is 0.789. The average Bonchev–Trinajstić information content (AvgIpc) is 2.33. The van der Waals surface area contributed by atoms with Gasteiger partial charge in [0.1, 0.15) is 0 Å². The summed E-state index contributed by atoms with van der Waals surface area (Å²) < 4.78 is 0. The van der Waals surface area contributed by atoms with E-state index in [1.165, 1.54) is 13.0 Å². The van der Waals surface area contributed by atoms with Crippen molar-refractivity contribution in [1.82, 2.24) is 5.32 Å². The summed E-state index contributed by atoms with van der Waals surface area (Å²) in [5.74, 6) is 1.66. The molecule has 3 heteroatoms. The Bertz CT molecular complexity index is 131. The largest absolute Gasteiger partial charge is 0.393 e. The summed E-state index contributed by atoms with van der Waals surface area (Å²) in [7, 11) is 0. The van der Waals surface area contributed by atoms with E-state index in [-0.39, 0.29) is 18.5 Å². The van der Waals surface area contributed by atoms with Crippen LogP contribution in [0.15, 0.2) is 0 Å². The van der Waals surface area contributed by atoms with E-state index in [4.69, 9.17) is 0 Å². The van der Waals surface area contributed by atoms with Crippen LogP contribution >= 0.6 is 12.4 Å². The fourth-order valence-electron chi connectivity index (χ4n) is 2.27. The van der Waals surface area contributed by atoms with Crippen molar-refractivity contribution < 1.29 is 5.11 Å². The Labute approximate surface area is 73.8 Å². The van der Waals surface area contributed by atoms with Crippen LogP contribution in [0.1, 0.15) is 19.3 Å². The zero-order valence-corrected chi connectivity index (χ0v) is 7.44. The first-order valence-electron chi connectivity index (χ1n) is 4.25. The van der Waals surface area contributed by atoms with Crippen molar-refractivity contribution >= 4 is 12.4 Å². The van der Waals surface area contributed by atoms with Gasteiger partial charge in [-0.25, -0.2) is 0 Å². The number of aliphatic hydroxyl groups is 1. The molecule has 1 aliphatic heterocycles. The SMILES string of the molecule is Cl.O[C@@H]1CC[C@H]2CNC[C@H]2C1. The van der Waals surface area contributed by atoms with Crippen molar-refractivity contribution in [3.05, 3.63) is 0 Å². The molecule has 0 spiro atoms. The number of hydrogen-bond donors (Lipinski definition) is 2. The number of fused-ring (bicyclic) bond motifs is 1. The van der Waals surface area contributed by atoms with Gasteiger partial charge in [0.25, 0.3) is 0 Å². The topological polar surface area (TPSA) is 32.3 Å². The zero-order chi connectivity index (χ0) is 6.97. The Morgan fingerprint density at radius 2 is 1.82 bits per heavy atom. The van der Waals surface area contributed by atoms with Gasteiger partial charge in [-0.3, -0.25) is 0 Å². The highest BCUT2D eigenvalue weighted by atomic mass is 35.5. The van der Waals surface area contributed by atoms with Gasteiger partial charge in [-0.2, -0.15) is 0 Å². The van der Waals surface area contributed by atoms with Crippen LogP contribution in [0.2, 0.25) is 0 Å². The molecule has 2 aliphatic rings. The maximum absolute atomic E-state index is 9.33. The van der Waals surface area contributed by atoms with Gasteiger partial charge in [-0.05, 0) is 44.2 Å². The molecule has 2 N–H and O–H groups in total. The van der Waals surface area contributed by atoms with E-state index < -0.39 is 0 Å². The van der Waals surface area contributed by atoms with Crippen LogP contribution in [0, 0.1) is 11.8 Å². The summed E-state index contributed by atoms with van der Waals surface area (Å²) in [6.07, 6.45) is 3.31. The Hall–Kier alpha value is 0.210. The van der Waals surface area contributed by atoms with Crippen LogP contribution in [0.3, 0.4) is 0 Å². The highest BCUT2D eigenvalue weighted by molar-refractivity contribution is 5.85. The molecule has 1 heterocycles. The molecule has 11 heavy (non-hydrogen) atoms. The molecule has 1 saturated carbocycles. The van der Waals surface area contributed by atoms with Gasteiger partial charge < -0.3 is 10.4 Å². The second kappa shape index (κ2) is 3.74. The monoisotopic (exact) mass is 177 g/mol. The molecule has 1 aliphatic carbocycles. The normalized spacial score (nSPS) is 42.8. The molecule has 0 aromatic carbocycles. The lowest BCUT2D eigenvalue weighted by atomic mass is 9.80. The van der Waals surface area contributed by atoms with Crippen molar-refractivity contribution in [2.75, 3.05) is 13.1 Å². The molecule has 2 fully saturated rings. The van der Waals surface area contributed by atoms with Crippen LogP contribution in [-0.2, 0) is 0 Å². The van der Waals surface area contributed by atoms with Crippen LogP contribution in [0.5, 0.6) is 0 Å². The smallest absolute Gasteiger partial charge is 0.0543 e. The maximum atomic E-state index is 9.33. The quantitative estimate of drug-likeness (QED) is 0.574. The van der Waals surface area contributed by atoms with Gasteiger partial charge in [-0.15, -0.1) is 12.4 Å². The van der Waals surface area contributed by atoms with Crippen LogP contribution in [0.25, 0.3) is 0 Å². The van der Waals surface area contributed by atoms with E-state index in [0.29, 0.717) is 0 Å². The molecule has 0 bridgehead atoms. The van der Waals surface area contributed by atoms with E-state index in [1.807, 2.05) is 0 Å². The minimum atomic E-state index is 0. The standard InChI is InChI=1S/C8H15NO.ClH/c10-8-2-1-6-4-9-5-7(6)3-8;/h6-10H,1-5H2;1H/t6-,7+,8+;/m0./s1. The molecule has 0 aromatic heterocycles. The molecular weight excluding hydrogens is 162 g/mol. The predicted molar refractivity (Wildman–Crippen MR) is 47.0 cm³/mol. The van der Waals surface area contributed by atoms with E-state index in [1.54, 1.807) is 0 Å². The van der Waals surface area contributed by atoms with Crippen molar-refractivity contribution in [3.63, 3.8) is 0 Å². The fraction of sp³-hybridized carbons (Fsp3) is 1.00. The first-order valence-corrected chi connectivity index (χ1v) is 4.25. The summed E-state index contributed by atoms with van der Waals surface area (Å²) in [4.78, 5) is 0. The summed E-state index contributed by atoms with van der Waals surface area (Å²) in [5.41, 5.74) is 0. The molecule has 0 radical (unpaired) electrons. The average molecular weight is 178 g/mol. The van der Waals surface area contributed by atoms with E-state index in [0.717, 1.165) is 31.2 Å². The van der Waals surface area contributed by atoms with E-state index in [9.17, 15) is 5.11 Å². The molecule has 1 saturated heterocycles. The summed E-state index contributed by atoms with van der Waals surface area (Å²) in [6, 6.07) is 0. The first-order chi connectivity index (χ1) is 4.86. The third-order valence-corrected chi connectivity index (χ3v) is 2.93. The highest BCUT2D eigenvalue weighted by Crippen LogP contribution is 2.32. The molecule has 66 valence electrons. The summed E-state index contributed by atoms with van der Waals surface area (Å²) in [6.45, 7) is 2.33. The number of hydrogen-bond acceptors (Lipinski definition) is 2.